The van der Waals surface area contributed by atoms with Crippen molar-refractivity contribution < 1.29 is 28.3 Å². The van der Waals surface area contributed by atoms with Crippen LogP contribution in [0.3, 0.4) is 0 Å². The molecule has 1 aromatic carbocycles. The molecule has 3 heterocycles. The predicted octanol–water partition coefficient (Wildman–Crippen LogP) is 2.44. The van der Waals surface area contributed by atoms with Crippen LogP contribution in [-0.2, 0) is 11.3 Å². The standard InChI is InChI=1S/C23H25N5O6S/c1-23(2,3)26-21(30)18(14-5-4-8-32-14)28(10-12-6-7-13-15(9-12)34-11-33-13)22(31)19-16(24)17(20(25)29)27-35-19/h4-9,18H,10-11,24H2,1-3H3,(H2,25,29)(H,26,30)/t18-/m1/s1. The van der Waals surface area contributed by atoms with E-state index < -0.39 is 29.3 Å². The van der Waals surface area contributed by atoms with Gasteiger partial charge >= 0.3 is 0 Å². The van der Waals surface area contributed by atoms with E-state index in [2.05, 4.69) is 9.69 Å². The van der Waals surface area contributed by atoms with Crippen molar-refractivity contribution in [3.05, 3.63) is 58.5 Å². The second-order valence-electron chi connectivity index (χ2n) is 8.92. The zero-order chi connectivity index (χ0) is 25.3. The second-order valence-corrected chi connectivity index (χ2v) is 9.69. The van der Waals surface area contributed by atoms with E-state index in [0.717, 1.165) is 11.5 Å². The Balaban J connectivity index is 1.79. The molecule has 0 saturated heterocycles. The maximum Gasteiger partial charge on any atom is 0.270 e. The number of aromatic nitrogens is 1. The summed E-state index contributed by atoms with van der Waals surface area (Å²) in [6.07, 6.45) is 1.42. The van der Waals surface area contributed by atoms with Crippen LogP contribution in [0.25, 0.3) is 0 Å². The Bertz CT molecular complexity index is 1260. The molecular weight excluding hydrogens is 474 g/mol. The first kappa shape index (κ1) is 24.1. The van der Waals surface area contributed by atoms with Crippen molar-refractivity contribution in [1.29, 1.82) is 0 Å². The lowest BCUT2D eigenvalue weighted by atomic mass is 10.0. The highest BCUT2D eigenvalue weighted by atomic mass is 32.1. The molecular formula is C23H25N5O6S. The van der Waals surface area contributed by atoms with Gasteiger partial charge in [0.15, 0.2) is 23.2 Å². The first-order valence-electron chi connectivity index (χ1n) is 10.6. The second kappa shape index (κ2) is 9.29. The molecule has 35 heavy (non-hydrogen) atoms. The van der Waals surface area contributed by atoms with E-state index in [0.29, 0.717) is 17.1 Å². The van der Waals surface area contributed by atoms with Gasteiger partial charge in [-0.1, -0.05) is 6.07 Å². The highest BCUT2D eigenvalue weighted by Gasteiger charge is 2.38. The van der Waals surface area contributed by atoms with Gasteiger partial charge in [-0.15, -0.1) is 0 Å². The zero-order valence-electron chi connectivity index (χ0n) is 19.4. The van der Waals surface area contributed by atoms with E-state index in [1.54, 1.807) is 30.3 Å². The van der Waals surface area contributed by atoms with Crippen LogP contribution in [0, 0.1) is 0 Å². The number of fused-ring (bicyclic) bond motifs is 1. The Kier molecular flexibility index (Phi) is 6.39. The first-order valence-corrected chi connectivity index (χ1v) is 11.4. The summed E-state index contributed by atoms with van der Waals surface area (Å²) in [4.78, 5) is 40.3. The molecule has 0 bridgehead atoms. The Morgan fingerprint density at radius 2 is 1.94 bits per heavy atom. The van der Waals surface area contributed by atoms with Crippen molar-refractivity contribution in [3.63, 3.8) is 0 Å². The van der Waals surface area contributed by atoms with Gasteiger partial charge in [0.1, 0.15) is 10.6 Å². The molecule has 184 valence electrons. The maximum atomic E-state index is 13.8. The number of nitrogens with two attached hydrogens (primary N) is 2. The minimum Gasteiger partial charge on any atom is -0.467 e. The van der Waals surface area contributed by atoms with Crippen LogP contribution in [-0.4, -0.2) is 39.3 Å². The fourth-order valence-electron chi connectivity index (χ4n) is 3.59. The Labute approximate surface area is 205 Å². The minimum atomic E-state index is -1.15. The predicted molar refractivity (Wildman–Crippen MR) is 127 cm³/mol. The van der Waals surface area contributed by atoms with E-state index in [1.807, 2.05) is 20.8 Å². The molecule has 1 aliphatic rings. The lowest BCUT2D eigenvalue weighted by molar-refractivity contribution is -0.128. The average molecular weight is 500 g/mol. The van der Waals surface area contributed by atoms with Gasteiger partial charge in [-0.3, -0.25) is 14.4 Å². The number of hydrogen-bond donors (Lipinski definition) is 3. The molecule has 0 fully saturated rings. The summed E-state index contributed by atoms with van der Waals surface area (Å²) >= 11 is 0.737. The normalized spacial score (nSPS) is 13.3. The summed E-state index contributed by atoms with van der Waals surface area (Å²) in [5.41, 5.74) is 11.1. The van der Waals surface area contributed by atoms with Gasteiger partial charge in [0, 0.05) is 12.1 Å². The van der Waals surface area contributed by atoms with Crippen LogP contribution in [0.2, 0.25) is 0 Å². The maximum absolute atomic E-state index is 13.8. The van der Waals surface area contributed by atoms with Gasteiger partial charge < -0.3 is 35.6 Å². The molecule has 2 aromatic heterocycles. The Morgan fingerprint density at radius 1 is 1.20 bits per heavy atom. The van der Waals surface area contributed by atoms with E-state index in [9.17, 15) is 14.4 Å². The van der Waals surface area contributed by atoms with Gasteiger partial charge in [-0.2, -0.15) is 4.37 Å². The number of carbonyl (C=O) groups is 3. The summed E-state index contributed by atoms with van der Waals surface area (Å²) in [7, 11) is 0. The summed E-state index contributed by atoms with van der Waals surface area (Å²) in [6, 6.07) is 7.30. The minimum absolute atomic E-state index is 0.0123. The van der Waals surface area contributed by atoms with Crippen LogP contribution >= 0.6 is 11.5 Å². The van der Waals surface area contributed by atoms with E-state index in [1.165, 1.54) is 11.2 Å². The van der Waals surface area contributed by atoms with Crippen LogP contribution in [0.1, 0.15) is 58.3 Å². The number of nitrogens with zero attached hydrogens (tertiary/aromatic N) is 2. The number of furan rings is 1. The monoisotopic (exact) mass is 499 g/mol. The summed E-state index contributed by atoms with van der Waals surface area (Å²) in [5.74, 6) is -0.572. The number of nitrogen functional groups attached to an aromatic ring is 1. The molecule has 11 nitrogen and oxygen atoms in total. The molecule has 0 aliphatic carbocycles. The number of rotatable bonds is 7. The van der Waals surface area contributed by atoms with Crippen LogP contribution < -0.4 is 26.3 Å². The Hall–Kier alpha value is -4.06. The molecule has 1 aliphatic heterocycles. The Morgan fingerprint density at radius 3 is 2.57 bits per heavy atom. The molecule has 0 radical (unpaired) electrons. The summed E-state index contributed by atoms with van der Waals surface area (Å²) < 4.78 is 20.3. The van der Waals surface area contributed by atoms with Gasteiger partial charge in [-0.05, 0) is 62.1 Å². The first-order chi connectivity index (χ1) is 16.5. The SMILES string of the molecule is CC(C)(C)NC(=O)[C@@H](c1ccco1)N(Cc1ccc2c(c1)OCO2)C(=O)c1snc(C(N)=O)c1N. The average Bonchev–Trinajstić information content (AvgIpc) is 3.52. The highest BCUT2D eigenvalue weighted by molar-refractivity contribution is 7.09. The van der Waals surface area contributed by atoms with Crippen molar-refractivity contribution in [2.45, 2.75) is 38.9 Å². The fraction of sp³-hybridized carbons (Fsp3) is 0.304. The van der Waals surface area contributed by atoms with Crippen LogP contribution in [0.15, 0.2) is 41.0 Å². The van der Waals surface area contributed by atoms with Crippen LogP contribution in [0.5, 0.6) is 11.5 Å². The van der Waals surface area contributed by atoms with E-state index in [-0.39, 0.29) is 35.4 Å². The number of nitrogens with one attached hydrogen (secondary N) is 1. The number of ether oxygens (including phenoxy) is 2. The number of hydrogen-bond acceptors (Lipinski definition) is 9. The lowest BCUT2D eigenvalue weighted by Gasteiger charge is -2.32. The molecule has 0 spiro atoms. The summed E-state index contributed by atoms with van der Waals surface area (Å²) in [5, 5.41) is 2.90. The van der Waals surface area contributed by atoms with Crippen molar-refractivity contribution in [2.75, 3.05) is 12.5 Å². The largest absolute Gasteiger partial charge is 0.467 e. The van der Waals surface area contributed by atoms with Crippen molar-refractivity contribution in [2.24, 2.45) is 5.73 Å². The smallest absolute Gasteiger partial charge is 0.270 e. The van der Waals surface area contributed by atoms with Crippen LogP contribution in [0.4, 0.5) is 5.69 Å². The number of anilines is 1. The molecule has 1 atom stereocenters. The summed E-state index contributed by atoms with van der Waals surface area (Å²) in [6.45, 7) is 5.57. The highest BCUT2D eigenvalue weighted by Crippen LogP contribution is 2.35. The molecule has 12 heteroatoms. The topological polar surface area (TPSA) is 163 Å². The van der Waals surface area contributed by atoms with E-state index in [4.69, 9.17) is 25.4 Å². The quantitative estimate of drug-likeness (QED) is 0.446. The molecule has 4 rings (SSSR count). The zero-order valence-corrected chi connectivity index (χ0v) is 20.2. The third-order valence-corrected chi connectivity index (χ3v) is 5.93. The van der Waals surface area contributed by atoms with Gasteiger partial charge in [0.2, 0.25) is 6.79 Å². The van der Waals surface area contributed by atoms with Gasteiger partial charge in [0.25, 0.3) is 17.7 Å². The number of primary amides is 1. The van der Waals surface area contributed by atoms with Crippen molar-refractivity contribution >= 4 is 34.9 Å². The number of carbonyl (C=O) groups excluding carboxylic acids is 3. The van der Waals surface area contributed by atoms with E-state index >= 15 is 0 Å². The molecule has 0 unspecified atom stereocenters. The molecule has 5 N–H and O–H groups in total. The number of amides is 3. The van der Waals surface area contributed by atoms with Crippen molar-refractivity contribution in [3.8, 4) is 11.5 Å². The van der Waals surface area contributed by atoms with Gasteiger partial charge in [-0.25, -0.2) is 0 Å². The third-order valence-electron chi connectivity index (χ3n) is 5.08. The fourth-order valence-corrected chi connectivity index (χ4v) is 4.35. The molecule has 3 aromatic rings. The third kappa shape index (κ3) is 5.06. The number of benzene rings is 1. The molecule has 0 saturated carbocycles. The molecule has 3 amide bonds. The lowest BCUT2D eigenvalue weighted by Crippen LogP contribution is -2.49. The van der Waals surface area contributed by atoms with Gasteiger partial charge in [0.05, 0.1) is 12.0 Å². The van der Waals surface area contributed by atoms with Crippen molar-refractivity contribution in [1.82, 2.24) is 14.6 Å².